The molecule has 0 unspecified atom stereocenters. The summed E-state index contributed by atoms with van der Waals surface area (Å²) in [5.41, 5.74) is 0.456. The van der Waals surface area contributed by atoms with Gasteiger partial charge in [0.05, 0.1) is 11.9 Å². The fourth-order valence-corrected chi connectivity index (χ4v) is 4.22. The first-order chi connectivity index (χ1) is 15.3. The number of hydrogen-bond acceptors (Lipinski definition) is 4. The molecule has 1 atom stereocenters. The van der Waals surface area contributed by atoms with Gasteiger partial charge in [-0.1, -0.05) is 37.3 Å². The van der Waals surface area contributed by atoms with Gasteiger partial charge in [0.1, 0.15) is 18.4 Å². The zero-order valence-corrected chi connectivity index (χ0v) is 20.5. The van der Waals surface area contributed by atoms with Crippen LogP contribution in [-0.4, -0.2) is 49.5 Å². The largest absolute Gasteiger partial charge is 0.350 e. The molecule has 0 saturated carbocycles. The molecule has 2 aromatic carbocycles. The lowest BCUT2D eigenvalue weighted by molar-refractivity contribution is -0.141. The summed E-state index contributed by atoms with van der Waals surface area (Å²) in [4.78, 5) is 27.9. The van der Waals surface area contributed by atoms with Crippen molar-refractivity contribution < 1.29 is 22.4 Å². The lowest BCUT2D eigenvalue weighted by Gasteiger charge is -2.34. The monoisotopic (exact) mass is 477 g/mol. The van der Waals surface area contributed by atoms with Crippen LogP contribution in [0.3, 0.4) is 0 Å². The molecule has 0 spiro atoms. The van der Waals surface area contributed by atoms with E-state index < -0.39 is 39.9 Å². The van der Waals surface area contributed by atoms with Crippen LogP contribution in [0.15, 0.2) is 54.6 Å². The Labute approximate surface area is 195 Å². The van der Waals surface area contributed by atoms with E-state index in [9.17, 15) is 22.4 Å². The molecule has 0 aliphatic rings. The smallest absolute Gasteiger partial charge is 0.244 e. The lowest BCUT2D eigenvalue weighted by atomic mass is 10.1. The number of halogens is 1. The molecule has 0 saturated heterocycles. The molecule has 0 fully saturated rings. The van der Waals surface area contributed by atoms with E-state index in [1.807, 2.05) is 20.8 Å². The highest BCUT2D eigenvalue weighted by Crippen LogP contribution is 2.19. The van der Waals surface area contributed by atoms with E-state index in [1.54, 1.807) is 37.3 Å². The van der Waals surface area contributed by atoms with Gasteiger partial charge in [-0.15, -0.1) is 0 Å². The standard InChI is InChI=1S/C24H32FN3O4S/c1-6-21(23(30)26-24(2,3)4)27(16-18-12-14-19(25)15-13-18)22(29)17-28(33(5,31)32)20-10-8-7-9-11-20/h7-15,21H,6,16-17H2,1-5H3,(H,26,30)/t21-/m1/s1. The average Bonchev–Trinajstić information content (AvgIpc) is 2.71. The van der Waals surface area contributed by atoms with Crippen molar-refractivity contribution in [3.05, 3.63) is 66.0 Å². The average molecular weight is 478 g/mol. The van der Waals surface area contributed by atoms with Crippen LogP contribution in [0.2, 0.25) is 0 Å². The number of rotatable bonds is 9. The molecule has 2 rings (SSSR count). The van der Waals surface area contributed by atoms with Crippen LogP contribution in [0, 0.1) is 5.82 Å². The molecule has 7 nitrogen and oxygen atoms in total. The molecule has 0 aliphatic carbocycles. The summed E-state index contributed by atoms with van der Waals surface area (Å²) in [5.74, 6) is -1.29. The van der Waals surface area contributed by atoms with Crippen LogP contribution in [0.5, 0.6) is 0 Å². The van der Waals surface area contributed by atoms with Gasteiger partial charge in [-0.3, -0.25) is 13.9 Å². The predicted molar refractivity (Wildman–Crippen MR) is 128 cm³/mol. The van der Waals surface area contributed by atoms with E-state index in [1.165, 1.54) is 29.2 Å². The Kier molecular flexibility index (Phi) is 8.60. The molecule has 1 N–H and O–H groups in total. The Morgan fingerprint density at radius 2 is 1.61 bits per heavy atom. The molecule has 0 radical (unpaired) electrons. The van der Waals surface area contributed by atoms with Crippen LogP contribution in [-0.2, 0) is 26.2 Å². The van der Waals surface area contributed by atoms with Crippen LogP contribution in [0.25, 0.3) is 0 Å². The van der Waals surface area contributed by atoms with E-state index in [-0.39, 0.29) is 12.5 Å². The van der Waals surface area contributed by atoms with Gasteiger partial charge in [0.25, 0.3) is 0 Å². The second-order valence-corrected chi connectivity index (χ2v) is 10.8. The van der Waals surface area contributed by atoms with Crippen molar-refractivity contribution in [1.82, 2.24) is 10.2 Å². The van der Waals surface area contributed by atoms with E-state index in [0.29, 0.717) is 17.7 Å². The van der Waals surface area contributed by atoms with Gasteiger partial charge in [0, 0.05) is 12.1 Å². The number of carbonyl (C=O) groups excluding carboxylic acids is 2. The van der Waals surface area contributed by atoms with Gasteiger partial charge in [-0.2, -0.15) is 0 Å². The highest BCUT2D eigenvalue weighted by molar-refractivity contribution is 7.92. The maximum Gasteiger partial charge on any atom is 0.244 e. The summed E-state index contributed by atoms with van der Waals surface area (Å²) in [5, 5.41) is 2.89. The number of amides is 2. The molecular weight excluding hydrogens is 445 g/mol. The molecule has 2 aromatic rings. The second-order valence-electron chi connectivity index (χ2n) is 8.92. The first-order valence-electron chi connectivity index (χ1n) is 10.7. The van der Waals surface area contributed by atoms with Crippen molar-refractivity contribution in [1.29, 1.82) is 0 Å². The third-order valence-electron chi connectivity index (χ3n) is 4.87. The van der Waals surface area contributed by atoms with Crippen LogP contribution in [0.1, 0.15) is 39.7 Å². The van der Waals surface area contributed by atoms with Gasteiger partial charge in [0.15, 0.2) is 0 Å². The predicted octanol–water partition coefficient (Wildman–Crippen LogP) is 3.31. The number of nitrogens with one attached hydrogen (secondary N) is 1. The Morgan fingerprint density at radius 3 is 2.09 bits per heavy atom. The molecular formula is C24H32FN3O4S. The SMILES string of the molecule is CC[C@H](C(=O)NC(C)(C)C)N(Cc1ccc(F)cc1)C(=O)CN(c1ccccc1)S(C)(=O)=O. The second kappa shape index (κ2) is 10.8. The summed E-state index contributed by atoms with van der Waals surface area (Å²) >= 11 is 0. The van der Waals surface area contributed by atoms with E-state index in [4.69, 9.17) is 0 Å². The summed E-state index contributed by atoms with van der Waals surface area (Å²) in [6, 6.07) is 13.1. The van der Waals surface area contributed by atoms with Crippen molar-refractivity contribution in [3.63, 3.8) is 0 Å². The minimum Gasteiger partial charge on any atom is -0.350 e. The quantitative estimate of drug-likeness (QED) is 0.600. The van der Waals surface area contributed by atoms with Gasteiger partial charge in [0.2, 0.25) is 21.8 Å². The molecule has 0 aromatic heterocycles. The van der Waals surface area contributed by atoms with Crippen LogP contribution in [0.4, 0.5) is 10.1 Å². The topological polar surface area (TPSA) is 86.8 Å². The summed E-state index contributed by atoms with van der Waals surface area (Å²) < 4.78 is 39.4. The molecule has 2 amide bonds. The number of benzene rings is 2. The highest BCUT2D eigenvalue weighted by Gasteiger charge is 2.33. The van der Waals surface area contributed by atoms with Gasteiger partial charge in [-0.05, 0) is 57.0 Å². The maximum atomic E-state index is 13.5. The van der Waals surface area contributed by atoms with Crippen molar-refractivity contribution in [2.45, 2.75) is 52.2 Å². The summed E-state index contributed by atoms with van der Waals surface area (Å²) in [6.07, 6.45) is 1.35. The number of sulfonamides is 1. The van der Waals surface area contributed by atoms with E-state index in [0.717, 1.165) is 10.6 Å². The Hall–Kier alpha value is -2.94. The molecule has 180 valence electrons. The highest BCUT2D eigenvalue weighted by atomic mass is 32.2. The number of nitrogens with zero attached hydrogens (tertiary/aromatic N) is 2. The van der Waals surface area contributed by atoms with E-state index in [2.05, 4.69) is 5.32 Å². The first-order valence-corrected chi connectivity index (χ1v) is 12.6. The third-order valence-corrected chi connectivity index (χ3v) is 6.01. The number of carbonyl (C=O) groups is 2. The number of para-hydroxylation sites is 1. The molecule has 9 heteroatoms. The van der Waals surface area contributed by atoms with Gasteiger partial charge >= 0.3 is 0 Å². The zero-order chi connectivity index (χ0) is 24.8. The first kappa shape index (κ1) is 26.3. The minimum atomic E-state index is -3.77. The fourth-order valence-electron chi connectivity index (χ4n) is 3.37. The lowest BCUT2D eigenvalue weighted by Crippen LogP contribution is -2.55. The third kappa shape index (κ3) is 7.85. The summed E-state index contributed by atoms with van der Waals surface area (Å²) in [6.45, 7) is 6.86. The Bertz CT molecular complexity index is 1050. The van der Waals surface area contributed by atoms with Crippen molar-refractivity contribution >= 4 is 27.5 Å². The molecule has 33 heavy (non-hydrogen) atoms. The number of anilines is 1. The molecule has 0 aliphatic heterocycles. The Morgan fingerprint density at radius 1 is 1.03 bits per heavy atom. The number of hydrogen-bond donors (Lipinski definition) is 1. The Balaban J connectivity index is 2.42. The van der Waals surface area contributed by atoms with Crippen molar-refractivity contribution in [2.24, 2.45) is 0 Å². The zero-order valence-electron chi connectivity index (χ0n) is 19.7. The van der Waals surface area contributed by atoms with Gasteiger partial charge < -0.3 is 10.2 Å². The van der Waals surface area contributed by atoms with Crippen LogP contribution < -0.4 is 9.62 Å². The van der Waals surface area contributed by atoms with Crippen LogP contribution >= 0.6 is 0 Å². The summed E-state index contributed by atoms with van der Waals surface area (Å²) in [7, 11) is -3.77. The fraction of sp³-hybridized carbons (Fsp3) is 0.417. The minimum absolute atomic E-state index is 0.0293. The van der Waals surface area contributed by atoms with Crippen molar-refractivity contribution in [2.75, 3.05) is 17.1 Å². The molecule has 0 bridgehead atoms. The molecule has 0 heterocycles. The van der Waals surface area contributed by atoms with Gasteiger partial charge in [-0.25, -0.2) is 12.8 Å². The van der Waals surface area contributed by atoms with Crippen molar-refractivity contribution in [3.8, 4) is 0 Å². The van der Waals surface area contributed by atoms with E-state index >= 15 is 0 Å². The normalized spacial score (nSPS) is 12.7. The maximum absolute atomic E-state index is 13.5.